The third-order valence-electron chi connectivity index (χ3n) is 4.64. The molecule has 2 heterocycles. The zero-order valence-corrected chi connectivity index (χ0v) is 11.4. The zero-order valence-electron chi connectivity index (χ0n) is 11.4. The molecule has 4 nitrogen and oxygen atoms in total. The Morgan fingerprint density at radius 1 is 1.33 bits per heavy atom. The lowest BCUT2D eigenvalue weighted by Gasteiger charge is -2.29. The Bertz CT molecular complexity index is 597. The lowest BCUT2D eigenvalue weighted by Crippen LogP contribution is -2.41. The van der Waals surface area contributed by atoms with Gasteiger partial charge in [-0.15, -0.1) is 0 Å². The third-order valence-corrected chi connectivity index (χ3v) is 4.64. The molecule has 1 aromatic carbocycles. The molecule has 2 aliphatic heterocycles. The second-order valence-corrected chi connectivity index (χ2v) is 6.02. The fourth-order valence-electron chi connectivity index (χ4n) is 3.31. The molecule has 1 spiro atoms. The summed E-state index contributed by atoms with van der Waals surface area (Å²) in [5, 5.41) is 3.25. The molecular formula is C15H16F2N2O2. The predicted octanol–water partition coefficient (Wildman–Crippen LogP) is 1.72. The highest BCUT2D eigenvalue weighted by atomic mass is 19.1. The van der Waals surface area contributed by atoms with Crippen LogP contribution in [0.3, 0.4) is 0 Å². The van der Waals surface area contributed by atoms with Gasteiger partial charge in [-0.2, -0.15) is 0 Å². The number of nitrogens with zero attached hydrogens (tertiary/aromatic N) is 1. The SMILES string of the molecule is O=C1N(C2CCOC2)C(c2ccc(F)cc2F)NC12CC2. The maximum atomic E-state index is 14.1. The quantitative estimate of drug-likeness (QED) is 0.903. The van der Waals surface area contributed by atoms with Gasteiger partial charge in [0.1, 0.15) is 23.3 Å². The number of amides is 1. The monoisotopic (exact) mass is 294 g/mol. The molecule has 112 valence electrons. The van der Waals surface area contributed by atoms with E-state index in [9.17, 15) is 13.6 Å². The molecule has 2 unspecified atom stereocenters. The van der Waals surface area contributed by atoms with Gasteiger partial charge >= 0.3 is 0 Å². The van der Waals surface area contributed by atoms with Crippen molar-refractivity contribution in [3.63, 3.8) is 0 Å². The van der Waals surface area contributed by atoms with Crippen molar-refractivity contribution in [3.8, 4) is 0 Å². The molecule has 4 rings (SSSR count). The first-order valence-corrected chi connectivity index (χ1v) is 7.24. The summed E-state index contributed by atoms with van der Waals surface area (Å²) in [6.45, 7) is 1.09. The van der Waals surface area contributed by atoms with Crippen LogP contribution in [0.25, 0.3) is 0 Å². The van der Waals surface area contributed by atoms with E-state index >= 15 is 0 Å². The van der Waals surface area contributed by atoms with E-state index in [0.717, 1.165) is 25.3 Å². The number of halogens is 2. The average molecular weight is 294 g/mol. The summed E-state index contributed by atoms with van der Waals surface area (Å²) < 4.78 is 32.6. The molecule has 3 fully saturated rings. The smallest absolute Gasteiger partial charge is 0.244 e. The molecule has 2 saturated heterocycles. The first kappa shape index (κ1) is 13.2. The second kappa shape index (κ2) is 4.48. The molecule has 2 atom stereocenters. The minimum absolute atomic E-state index is 0.0201. The number of nitrogens with one attached hydrogen (secondary N) is 1. The van der Waals surface area contributed by atoms with Gasteiger partial charge in [0.15, 0.2) is 0 Å². The van der Waals surface area contributed by atoms with Crippen molar-refractivity contribution >= 4 is 5.91 Å². The Labute approximate surface area is 121 Å². The zero-order chi connectivity index (χ0) is 14.6. The van der Waals surface area contributed by atoms with Crippen LogP contribution in [0, 0.1) is 11.6 Å². The van der Waals surface area contributed by atoms with Gasteiger partial charge in [-0.25, -0.2) is 8.78 Å². The lowest BCUT2D eigenvalue weighted by molar-refractivity contribution is -0.133. The van der Waals surface area contributed by atoms with Gasteiger partial charge in [-0.3, -0.25) is 10.1 Å². The topological polar surface area (TPSA) is 41.6 Å². The highest BCUT2D eigenvalue weighted by Crippen LogP contribution is 2.47. The summed E-state index contributed by atoms with van der Waals surface area (Å²) in [6, 6.07) is 3.47. The molecule has 1 amide bonds. The molecule has 1 aliphatic carbocycles. The summed E-state index contributed by atoms with van der Waals surface area (Å²) in [5.74, 6) is -1.22. The van der Waals surface area contributed by atoms with Crippen LogP contribution >= 0.6 is 0 Å². The van der Waals surface area contributed by atoms with Crippen molar-refractivity contribution in [3.05, 3.63) is 35.4 Å². The Morgan fingerprint density at radius 3 is 2.76 bits per heavy atom. The second-order valence-electron chi connectivity index (χ2n) is 6.02. The Balaban J connectivity index is 1.72. The van der Waals surface area contributed by atoms with E-state index in [1.54, 1.807) is 4.90 Å². The molecule has 6 heteroatoms. The van der Waals surface area contributed by atoms with Crippen LogP contribution in [0.5, 0.6) is 0 Å². The van der Waals surface area contributed by atoms with Crippen molar-refractivity contribution in [1.82, 2.24) is 10.2 Å². The van der Waals surface area contributed by atoms with Gasteiger partial charge in [-0.1, -0.05) is 0 Å². The van der Waals surface area contributed by atoms with Crippen LogP contribution in [0.1, 0.15) is 31.0 Å². The maximum Gasteiger partial charge on any atom is 0.244 e. The van der Waals surface area contributed by atoms with Crippen molar-refractivity contribution in [2.45, 2.75) is 37.0 Å². The third kappa shape index (κ3) is 1.97. The molecular weight excluding hydrogens is 278 g/mol. The molecule has 1 aromatic rings. The van der Waals surface area contributed by atoms with Crippen molar-refractivity contribution in [2.75, 3.05) is 13.2 Å². The molecule has 0 radical (unpaired) electrons. The number of benzene rings is 1. The molecule has 3 aliphatic rings. The highest BCUT2D eigenvalue weighted by Gasteiger charge is 2.61. The van der Waals surface area contributed by atoms with E-state index < -0.39 is 23.3 Å². The van der Waals surface area contributed by atoms with E-state index in [1.807, 2.05) is 0 Å². The van der Waals surface area contributed by atoms with E-state index in [2.05, 4.69) is 5.32 Å². The predicted molar refractivity (Wildman–Crippen MR) is 70.3 cm³/mol. The summed E-state index contributed by atoms with van der Waals surface area (Å²) in [5.41, 5.74) is -0.214. The summed E-state index contributed by atoms with van der Waals surface area (Å²) >= 11 is 0. The van der Waals surface area contributed by atoms with Crippen LogP contribution in [-0.4, -0.2) is 35.6 Å². The van der Waals surface area contributed by atoms with Crippen molar-refractivity contribution in [1.29, 1.82) is 0 Å². The number of ether oxygens (including phenoxy) is 1. The van der Waals surface area contributed by atoms with Gasteiger partial charge in [0.25, 0.3) is 0 Å². The number of hydrogen-bond acceptors (Lipinski definition) is 3. The van der Waals surface area contributed by atoms with Crippen LogP contribution in [0.4, 0.5) is 8.78 Å². The van der Waals surface area contributed by atoms with E-state index in [1.165, 1.54) is 12.1 Å². The Kier molecular flexibility index (Phi) is 2.81. The Morgan fingerprint density at radius 2 is 2.14 bits per heavy atom. The minimum atomic E-state index is -0.623. The maximum absolute atomic E-state index is 14.1. The van der Waals surface area contributed by atoms with E-state index in [0.29, 0.717) is 18.8 Å². The summed E-state index contributed by atoms with van der Waals surface area (Å²) in [4.78, 5) is 14.4. The normalized spacial score (nSPS) is 30.4. The average Bonchev–Trinajstić information content (AvgIpc) is 2.91. The highest BCUT2D eigenvalue weighted by molar-refractivity contribution is 5.92. The molecule has 1 saturated carbocycles. The molecule has 1 N–H and O–H groups in total. The number of carbonyl (C=O) groups is 1. The van der Waals surface area contributed by atoms with Crippen LogP contribution in [-0.2, 0) is 9.53 Å². The fraction of sp³-hybridized carbons (Fsp3) is 0.533. The molecule has 0 bridgehead atoms. The standard InChI is InChI=1S/C15H16F2N2O2/c16-9-1-2-11(12(17)7-9)13-18-15(4-5-15)14(20)19(13)10-3-6-21-8-10/h1-2,7,10,13,18H,3-6,8H2. The largest absolute Gasteiger partial charge is 0.379 e. The van der Waals surface area contributed by atoms with E-state index in [-0.39, 0.29) is 11.9 Å². The van der Waals surface area contributed by atoms with Crippen LogP contribution in [0.2, 0.25) is 0 Å². The number of hydrogen-bond donors (Lipinski definition) is 1. The number of carbonyl (C=O) groups excluding carboxylic acids is 1. The molecule has 21 heavy (non-hydrogen) atoms. The van der Waals surface area contributed by atoms with E-state index in [4.69, 9.17) is 4.74 Å². The first-order valence-electron chi connectivity index (χ1n) is 7.24. The summed E-state index contributed by atoms with van der Waals surface area (Å²) in [7, 11) is 0. The minimum Gasteiger partial charge on any atom is -0.379 e. The molecule has 0 aromatic heterocycles. The van der Waals surface area contributed by atoms with Crippen molar-refractivity contribution in [2.24, 2.45) is 0 Å². The van der Waals surface area contributed by atoms with Gasteiger partial charge in [0, 0.05) is 18.2 Å². The summed E-state index contributed by atoms with van der Waals surface area (Å²) in [6.07, 6.45) is 1.76. The van der Waals surface area contributed by atoms with Gasteiger partial charge in [0.05, 0.1) is 12.6 Å². The first-order chi connectivity index (χ1) is 10.1. The Hall–Kier alpha value is -1.53. The van der Waals surface area contributed by atoms with Gasteiger partial charge in [0.2, 0.25) is 5.91 Å². The van der Waals surface area contributed by atoms with Crippen LogP contribution in [0.15, 0.2) is 18.2 Å². The van der Waals surface area contributed by atoms with Crippen LogP contribution < -0.4 is 5.32 Å². The fourth-order valence-corrected chi connectivity index (χ4v) is 3.31. The lowest BCUT2D eigenvalue weighted by atomic mass is 10.1. The van der Waals surface area contributed by atoms with Gasteiger partial charge < -0.3 is 9.64 Å². The number of rotatable bonds is 2. The van der Waals surface area contributed by atoms with Crippen molar-refractivity contribution < 1.29 is 18.3 Å². The van der Waals surface area contributed by atoms with Gasteiger partial charge in [-0.05, 0) is 31.4 Å².